The molecule has 0 radical (unpaired) electrons. The highest BCUT2D eigenvalue weighted by Gasteiger charge is 2.14. The summed E-state index contributed by atoms with van der Waals surface area (Å²) in [6.07, 6.45) is 1.36. The molecule has 0 aliphatic rings. The fraction of sp³-hybridized carbons (Fsp3) is 0.0455. The Morgan fingerprint density at radius 1 is 1.06 bits per heavy atom. The van der Waals surface area contributed by atoms with Gasteiger partial charge in [0, 0.05) is 10.6 Å². The number of carbonyl (C=O) groups excluding carboxylic acids is 2. The van der Waals surface area contributed by atoms with Gasteiger partial charge < -0.3 is 10.1 Å². The van der Waals surface area contributed by atoms with Crippen LogP contribution in [-0.4, -0.2) is 18.0 Å². The smallest absolute Gasteiger partial charge is 0.329 e. The summed E-state index contributed by atoms with van der Waals surface area (Å²) in [5.41, 5.74) is 3.50. The molecule has 0 spiro atoms. The molecule has 0 bridgehead atoms. The van der Waals surface area contributed by atoms with Crippen LogP contribution in [0.4, 0.5) is 10.1 Å². The van der Waals surface area contributed by atoms with E-state index in [2.05, 4.69) is 31.8 Å². The summed E-state index contributed by atoms with van der Waals surface area (Å²) < 4.78 is 20.0. The maximum absolute atomic E-state index is 13.5. The van der Waals surface area contributed by atoms with Crippen molar-refractivity contribution in [2.75, 3.05) is 5.32 Å². The zero-order valence-corrected chi connectivity index (χ0v) is 18.3. The lowest BCUT2D eigenvalue weighted by Crippen LogP contribution is -2.32. The van der Waals surface area contributed by atoms with Gasteiger partial charge in [0.2, 0.25) is 0 Å². The van der Waals surface area contributed by atoms with E-state index in [1.165, 1.54) is 30.5 Å². The Morgan fingerprint density at radius 3 is 2.55 bits per heavy atom. The molecule has 0 saturated heterocycles. The maximum Gasteiger partial charge on any atom is 0.329 e. The normalized spacial score (nSPS) is 10.7. The molecule has 31 heavy (non-hydrogen) atoms. The summed E-state index contributed by atoms with van der Waals surface area (Å²) in [7, 11) is 0. The van der Waals surface area contributed by atoms with E-state index >= 15 is 0 Å². The third-order valence-corrected chi connectivity index (χ3v) is 4.99. The van der Waals surface area contributed by atoms with Crippen LogP contribution < -0.4 is 15.5 Å². The lowest BCUT2D eigenvalue weighted by Gasteiger charge is -2.10. The van der Waals surface area contributed by atoms with Crippen LogP contribution in [0.25, 0.3) is 0 Å². The summed E-state index contributed by atoms with van der Waals surface area (Å²) >= 11 is 9.54. The largest absolute Gasteiger partial charge is 0.488 e. The van der Waals surface area contributed by atoms with Crippen LogP contribution in [0.15, 0.2) is 76.3 Å². The number of rotatable bonds is 6. The first-order valence-electron chi connectivity index (χ1n) is 8.98. The van der Waals surface area contributed by atoms with Gasteiger partial charge in [-0.1, -0.05) is 41.9 Å². The molecule has 3 aromatic rings. The van der Waals surface area contributed by atoms with Crippen molar-refractivity contribution in [3.8, 4) is 5.75 Å². The minimum atomic E-state index is -1.04. The minimum absolute atomic E-state index is 0.0945. The SMILES string of the molecule is O=C(N/N=C\c1ccc(OCc2ccccc2Cl)c(Br)c1)C(=O)Nc1ccccc1F. The van der Waals surface area contributed by atoms with Crippen molar-refractivity contribution in [1.82, 2.24) is 5.43 Å². The first kappa shape index (κ1) is 22.5. The monoisotopic (exact) mass is 503 g/mol. The van der Waals surface area contributed by atoms with E-state index in [1.54, 1.807) is 24.3 Å². The molecular weight excluding hydrogens is 489 g/mol. The molecule has 0 atom stereocenters. The van der Waals surface area contributed by atoms with Crippen molar-refractivity contribution in [1.29, 1.82) is 0 Å². The number of anilines is 1. The van der Waals surface area contributed by atoms with Crippen molar-refractivity contribution < 1.29 is 18.7 Å². The molecule has 0 heterocycles. The highest BCUT2D eigenvalue weighted by Crippen LogP contribution is 2.27. The number of ether oxygens (including phenoxy) is 1. The highest BCUT2D eigenvalue weighted by atomic mass is 79.9. The molecule has 0 aromatic heterocycles. The van der Waals surface area contributed by atoms with E-state index in [0.29, 0.717) is 27.4 Å². The number of hydrogen-bond acceptors (Lipinski definition) is 4. The Morgan fingerprint density at radius 2 is 1.81 bits per heavy atom. The van der Waals surface area contributed by atoms with Gasteiger partial charge >= 0.3 is 11.8 Å². The standard InChI is InChI=1S/C22H16BrClFN3O3/c23-16-11-14(9-10-20(16)31-13-15-5-1-2-6-17(15)24)12-26-28-22(30)21(29)27-19-8-4-3-7-18(19)25/h1-12H,13H2,(H,27,29)(H,28,30)/b26-12-. The summed E-state index contributed by atoms with van der Waals surface area (Å²) in [5, 5.41) is 6.54. The number of nitrogens with one attached hydrogen (secondary N) is 2. The number of nitrogens with zero attached hydrogens (tertiary/aromatic N) is 1. The molecule has 3 aromatic carbocycles. The van der Waals surface area contributed by atoms with Crippen molar-refractivity contribution in [3.05, 3.63) is 93.2 Å². The van der Waals surface area contributed by atoms with Crippen LogP contribution in [0.3, 0.4) is 0 Å². The minimum Gasteiger partial charge on any atom is -0.488 e. The van der Waals surface area contributed by atoms with Crippen molar-refractivity contribution >= 4 is 51.2 Å². The molecule has 6 nitrogen and oxygen atoms in total. The molecule has 9 heteroatoms. The Hall–Kier alpha value is -3.23. The topological polar surface area (TPSA) is 79.8 Å². The van der Waals surface area contributed by atoms with Gasteiger partial charge in [-0.15, -0.1) is 0 Å². The fourth-order valence-corrected chi connectivity index (χ4v) is 3.14. The molecule has 0 unspecified atom stereocenters. The fourth-order valence-electron chi connectivity index (χ4n) is 2.44. The van der Waals surface area contributed by atoms with E-state index in [-0.39, 0.29) is 5.69 Å². The molecule has 0 saturated carbocycles. The average molecular weight is 505 g/mol. The molecule has 0 fully saturated rings. The van der Waals surface area contributed by atoms with Gasteiger partial charge in [-0.2, -0.15) is 5.10 Å². The van der Waals surface area contributed by atoms with Gasteiger partial charge in [0.05, 0.1) is 16.4 Å². The second kappa shape index (κ2) is 10.7. The third-order valence-electron chi connectivity index (χ3n) is 4.00. The molecule has 0 aliphatic carbocycles. The average Bonchev–Trinajstić information content (AvgIpc) is 2.75. The van der Waals surface area contributed by atoms with Crippen LogP contribution in [0, 0.1) is 5.82 Å². The van der Waals surface area contributed by atoms with Crippen molar-refractivity contribution in [2.24, 2.45) is 5.10 Å². The first-order valence-corrected chi connectivity index (χ1v) is 10.2. The lowest BCUT2D eigenvalue weighted by atomic mass is 10.2. The number of hydrogen-bond donors (Lipinski definition) is 2. The molecule has 2 N–H and O–H groups in total. The second-order valence-corrected chi connectivity index (χ2v) is 7.46. The first-order chi connectivity index (χ1) is 14.9. The van der Waals surface area contributed by atoms with E-state index in [1.807, 2.05) is 18.2 Å². The Balaban J connectivity index is 1.54. The number of para-hydroxylation sites is 1. The van der Waals surface area contributed by atoms with E-state index in [9.17, 15) is 14.0 Å². The Labute approximate surface area is 191 Å². The number of hydrazone groups is 1. The summed E-state index contributed by atoms with van der Waals surface area (Å²) in [6, 6.07) is 18.1. The van der Waals surface area contributed by atoms with Crippen LogP contribution in [0.2, 0.25) is 5.02 Å². The number of benzene rings is 3. The van der Waals surface area contributed by atoms with E-state index < -0.39 is 17.6 Å². The molecule has 0 aliphatic heterocycles. The Kier molecular flexibility index (Phi) is 7.75. The molecular formula is C22H16BrClFN3O3. The van der Waals surface area contributed by atoms with Gasteiger partial charge in [0.1, 0.15) is 18.2 Å². The zero-order valence-electron chi connectivity index (χ0n) is 15.9. The molecule has 3 rings (SSSR count). The second-order valence-electron chi connectivity index (χ2n) is 6.20. The van der Waals surface area contributed by atoms with Gasteiger partial charge in [0.15, 0.2) is 0 Å². The van der Waals surface area contributed by atoms with Crippen molar-refractivity contribution in [3.63, 3.8) is 0 Å². The molecule has 2 amide bonds. The quantitative estimate of drug-likeness (QED) is 0.284. The predicted octanol–water partition coefficient (Wildman–Crippen LogP) is 4.91. The summed E-state index contributed by atoms with van der Waals surface area (Å²) in [6.45, 7) is 0.304. The predicted molar refractivity (Wildman–Crippen MR) is 121 cm³/mol. The van der Waals surface area contributed by atoms with Crippen LogP contribution in [0.1, 0.15) is 11.1 Å². The third kappa shape index (κ3) is 6.37. The van der Waals surface area contributed by atoms with E-state index in [0.717, 1.165) is 5.56 Å². The lowest BCUT2D eigenvalue weighted by molar-refractivity contribution is -0.136. The highest BCUT2D eigenvalue weighted by molar-refractivity contribution is 9.10. The van der Waals surface area contributed by atoms with E-state index in [4.69, 9.17) is 16.3 Å². The molecule has 158 valence electrons. The number of halogens is 3. The van der Waals surface area contributed by atoms with Gasteiger partial charge in [-0.25, -0.2) is 9.82 Å². The number of amides is 2. The van der Waals surface area contributed by atoms with Crippen molar-refractivity contribution in [2.45, 2.75) is 6.61 Å². The van der Waals surface area contributed by atoms with Gasteiger partial charge in [-0.05, 0) is 57.9 Å². The number of carbonyl (C=O) groups is 2. The maximum atomic E-state index is 13.5. The van der Waals surface area contributed by atoms with Crippen LogP contribution >= 0.6 is 27.5 Å². The van der Waals surface area contributed by atoms with Gasteiger partial charge in [-0.3, -0.25) is 9.59 Å². The summed E-state index contributed by atoms with van der Waals surface area (Å²) in [4.78, 5) is 23.6. The van der Waals surface area contributed by atoms with Crippen LogP contribution in [0.5, 0.6) is 5.75 Å². The Bertz CT molecular complexity index is 1140. The summed E-state index contributed by atoms with van der Waals surface area (Å²) in [5.74, 6) is -2.11. The zero-order chi connectivity index (χ0) is 22.2. The van der Waals surface area contributed by atoms with Gasteiger partial charge in [0.25, 0.3) is 0 Å². The van der Waals surface area contributed by atoms with Crippen LogP contribution in [-0.2, 0) is 16.2 Å².